The second-order valence-corrected chi connectivity index (χ2v) is 6.47. The third-order valence-electron chi connectivity index (χ3n) is 4.46. The van der Waals surface area contributed by atoms with Gasteiger partial charge in [0, 0.05) is 41.3 Å². The standard InChI is InChI=1S/C20H23ClN2O/c1-2-17(14-24)22-11-16-13-23(20-10-6-4-8-18(16)20)12-15-7-3-5-9-19(15)21/h3-10,13,17,22,24H,2,11-12,14H2,1H3/t17-/m1/s1. The molecule has 1 heterocycles. The second-order valence-electron chi connectivity index (χ2n) is 6.06. The number of benzene rings is 2. The molecule has 2 aromatic carbocycles. The Labute approximate surface area is 147 Å². The molecule has 0 aliphatic carbocycles. The minimum Gasteiger partial charge on any atom is -0.395 e. The van der Waals surface area contributed by atoms with Crippen molar-refractivity contribution in [2.24, 2.45) is 0 Å². The summed E-state index contributed by atoms with van der Waals surface area (Å²) in [5.74, 6) is 0. The van der Waals surface area contributed by atoms with E-state index < -0.39 is 0 Å². The Hall–Kier alpha value is -1.81. The van der Waals surface area contributed by atoms with E-state index in [0.717, 1.165) is 30.1 Å². The average Bonchev–Trinajstić information content (AvgIpc) is 2.96. The normalized spacial score (nSPS) is 12.6. The highest BCUT2D eigenvalue weighted by atomic mass is 35.5. The van der Waals surface area contributed by atoms with Crippen molar-refractivity contribution in [3.05, 3.63) is 70.9 Å². The van der Waals surface area contributed by atoms with Gasteiger partial charge in [-0.2, -0.15) is 0 Å². The molecule has 0 bridgehead atoms. The number of aromatic nitrogens is 1. The van der Waals surface area contributed by atoms with E-state index in [1.807, 2.05) is 18.2 Å². The number of rotatable bonds is 7. The Morgan fingerprint density at radius 2 is 1.83 bits per heavy atom. The van der Waals surface area contributed by atoms with Gasteiger partial charge in [0.05, 0.1) is 6.61 Å². The molecule has 0 spiro atoms. The zero-order valence-electron chi connectivity index (χ0n) is 13.9. The first-order valence-electron chi connectivity index (χ1n) is 8.37. The van der Waals surface area contributed by atoms with Gasteiger partial charge < -0.3 is 15.0 Å². The Balaban J connectivity index is 1.90. The Morgan fingerprint density at radius 1 is 1.08 bits per heavy atom. The van der Waals surface area contributed by atoms with Crippen molar-refractivity contribution in [1.29, 1.82) is 0 Å². The molecule has 2 N–H and O–H groups in total. The lowest BCUT2D eigenvalue weighted by molar-refractivity contribution is 0.238. The number of nitrogens with zero attached hydrogens (tertiary/aromatic N) is 1. The first-order chi connectivity index (χ1) is 11.7. The maximum Gasteiger partial charge on any atom is 0.0584 e. The maximum absolute atomic E-state index is 9.37. The van der Waals surface area contributed by atoms with Gasteiger partial charge in [0.25, 0.3) is 0 Å². The number of hydrogen-bond acceptors (Lipinski definition) is 2. The molecule has 4 heteroatoms. The van der Waals surface area contributed by atoms with E-state index in [-0.39, 0.29) is 12.6 Å². The van der Waals surface area contributed by atoms with Crippen LogP contribution >= 0.6 is 11.6 Å². The van der Waals surface area contributed by atoms with E-state index in [1.54, 1.807) is 0 Å². The van der Waals surface area contributed by atoms with Gasteiger partial charge in [0.15, 0.2) is 0 Å². The van der Waals surface area contributed by atoms with Crippen molar-refractivity contribution < 1.29 is 5.11 Å². The van der Waals surface area contributed by atoms with Gasteiger partial charge in [0.2, 0.25) is 0 Å². The zero-order chi connectivity index (χ0) is 16.9. The molecule has 126 valence electrons. The Morgan fingerprint density at radius 3 is 2.58 bits per heavy atom. The fraction of sp³-hybridized carbons (Fsp3) is 0.300. The molecule has 0 saturated heterocycles. The maximum atomic E-state index is 9.37. The second kappa shape index (κ2) is 7.84. The molecule has 3 nitrogen and oxygen atoms in total. The van der Waals surface area contributed by atoms with Crippen LogP contribution < -0.4 is 5.32 Å². The molecular formula is C20H23ClN2O. The van der Waals surface area contributed by atoms with Crippen LogP contribution in [0.5, 0.6) is 0 Å². The van der Waals surface area contributed by atoms with Crippen LogP contribution in [-0.4, -0.2) is 22.3 Å². The Kier molecular flexibility index (Phi) is 5.56. The van der Waals surface area contributed by atoms with E-state index in [9.17, 15) is 5.11 Å². The number of aliphatic hydroxyl groups excluding tert-OH is 1. The van der Waals surface area contributed by atoms with Crippen LogP contribution in [-0.2, 0) is 13.1 Å². The monoisotopic (exact) mass is 342 g/mol. The minimum absolute atomic E-state index is 0.135. The molecule has 3 rings (SSSR count). The molecule has 0 amide bonds. The van der Waals surface area contributed by atoms with Crippen molar-refractivity contribution in [1.82, 2.24) is 9.88 Å². The number of nitrogens with one attached hydrogen (secondary N) is 1. The van der Waals surface area contributed by atoms with Crippen LogP contribution in [0.4, 0.5) is 0 Å². The number of halogens is 1. The first-order valence-corrected chi connectivity index (χ1v) is 8.75. The summed E-state index contributed by atoms with van der Waals surface area (Å²) in [5, 5.41) is 14.8. The van der Waals surface area contributed by atoms with Crippen LogP contribution in [0.3, 0.4) is 0 Å². The molecule has 24 heavy (non-hydrogen) atoms. The summed E-state index contributed by atoms with van der Waals surface area (Å²) < 4.78 is 2.24. The van der Waals surface area contributed by atoms with E-state index in [2.05, 4.69) is 53.3 Å². The van der Waals surface area contributed by atoms with Gasteiger partial charge in [-0.1, -0.05) is 54.9 Å². The van der Waals surface area contributed by atoms with Gasteiger partial charge in [0.1, 0.15) is 0 Å². The highest BCUT2D eigenvalue weighted by molar-refractivity contribution is 6.31. The van der Waals surface area contributed by atoms with E-state index >= 15 is 0 Å². The molecule has 0 unspecified atom stereocenters. The minimum atomic E-state index is 0.135. The largest absolute Gasteiger partial charge is 0.395 e. The summed E-state index contributed by atoms with van der Waals surface area (Å²) in [6, 6.07) is 16.5. The predicted octanol–water partition coefficient (Wildman–Crippen LogP) is 4.20. The summed E-state index contributed by atoms with van der Waals surface area (Å²) in [4.78, 5) is 0. The lowest BCUT2D eigenvalue weighted by Gasteiger charge is -2.13. The number of para-hydroxylation sites is 1. The topological polar surface area (TPSA) is 37.2 Å². The van der Waals surface area contributed by atoms with Gasteiger partial charge in [-0.15, -0.1) is 0 Å². The number of fused-ring (bicyclic) bond motifs is 1. The van der Waals surface area contributed by atoms with Gasteiger partial charge in [-0.05, 0) is 29.7 Å². The summed E-state index contributed by atoms with van der Waals surface area (Å²) >= 11 is 6.32. The summed E-state index contributed by atoms with van der Waals surface area (Å²) in [5.41, 5.74) is 3.55. The smallest absolute Gasteiger partial charge is 0.0584 e. The van der Waals surface area contributed by atoms with Crippen LogP contribution in [0.2, 0.25) is 5.02 Å². The molecular weight excluding hydrogens is 320 g/mol. The fourth-order valence-corrected chi connectivity index (χ4v) is 3.19. The van der Waals surface area contributed by atoms with Crippen molar-refractivity contribution in [2.45, 2.75) is 32.5 Å². The third kappa shape index (κ3) is 3.64. The predicted molar refractivity (Wildman–Crippen MR) is 100 cm³/mol. The van der Waals surface area contributed by atoms with Crippen molar-refractivity contribution >= 4 is 22.5 Å². The van der Waals surface area contributed by atoms with Crippen molar-refractivity contribution in [2.75, 3.05) is 6.61 Å². The summed E-state index contributed by atoms with van der Waals surface area (Å²) in [6.45, 7) is 3.73. The summed E-state index contributed by atoms with van der Waals surface area (Å²) in [6.07, 6.45) is 3.10. The Bertz CT molecular complexity index is 808. The van der Waals surface area contributed by atoms with Crippen LogP contribution in [0.25, 0.3) is 10.9 Å². The van der Waals surface area contributed by atoms with E-state index in [0.29, 0.717) is 0 Å². The lowest BCUT2D eigenvalue weighted by atomic mass is 10.1. The first kappa shape index (κ1) is 17.0. The number of aliphatic hydroxyl groups is 1. The van der Waals surface area contributed by atoms with Crippen LogP contribution in [0, 0.1) is 0 Å². The molecule has 0 aliphatic heterocycles. The quantitative estimate of drug-likeness (QED) is 0.675. The zero-order valence-corrected chi connectivity index (χ0v) is 14.6. The summed E-state index contributed by atoms with van der Waals surface area (Å²) in [7, 11) is 0. The molecule has 1 atom stereocenters. The molecule has 3 aromatic rings. The molecule has 0 saturated carbocycles. The van der Waals surface area contributed by atoms with E-state index in [1.165, 1.54) is 16.5 Å². The highest BCUT2D eigenvalue weighted by Crippen LogP contribution is 2.24. The number of hydrogen-bond donors (Lipinski definition) is 2. The highest BCUT2D eigenvalue weighted by Gasteiger charge is 2.11. The molecule has 1 aromatic heterocycles. The molecule has 0 radical (unpaired) electrons. The van der Waals surface area contributed by atoms with Crippen molar-refractivity contribution in [3.8, 4) is 0 Å². The van der Waals surface area contributed by atoms with Gasteiger partial charge in [-0.25, -0.2) is 0 Å². The van der Waals surface area contributed by atoms with Gasteiger partial charge in [-0.3, -0.25) is 0 Å². The van der Waals surface area contributed by atoms with Crippen LogP contribution in [0.15, 0.2) is 54.7 Å². The third-order valence-corrected chi connectivity index (χ3v) is 4.83. The molecule has 0 fully saturated rings. The average molecular weight is 343 g/mol. The fourth-order valence-electron chi connectivity index (χ4n) is 3.00. The van der Waals surface area contributed by atoms with Gasteiger partial charge >= 0.3 is 0 Å². The van der Waals surface area contributed by atoms with E-state index in [4.69, 9.17) is 11.6 Å². The molecule has 0 aliphatic rings. The lowest BCUT2D eigenvalue weighted by Crippen LogP contribution is -2.31. The van der Waals surface area contributed by atoms with Crippen LogP contribution in [0.1, 0.15) is 24.5 Å². The SMILES string of the molecule is CC[C@H](CO)NCc1cn(Cc2ccccc2Cl)c2ccccc12. The van der Waals surface area contributed by atoms with Crippen molar-refractivity contribution in [3.63, 3.8) is 0 Å².